The molecule has 2 amide bonds. The third-order valence-corrected chi connectivity index (χ3v) is 6.48. The molecule has 1 saturated heterocycles. The summed E-state index contributed by atoms with van der Waals surface area (Å²) in [5.41, 5.74) is 2.62. The zero-order valence-electron chi connectivity index (χ0n) is 21.0. The molecule has 192 valence electrons. The fourth-order valence-corrected chi connectivity index (χ4v) is 4.64. The minimum Gasteiger partial charge on any atom is -0.495 e. The lowest BCUT2D eigenvalue weighted by Gasteiger charge is -2.38. The van der Waals surface area contributed by atoms with Crippen molar-refractivity contribution in [2.75, 3.05) is 66.1 Å². The lowest BCUT2D eigenvalue weighted by Crippen LogP contribution is -2.51. The molecule has 1 atom stereocenters. The first kappa shape index (κ1) is 25.2. The van der Waals surface area contributed by atoms with Gasteiger partial charge in [0, 0.05) is 38.4 Å². The Morgan fingerprint density at radius 2 is 1.61 bits per heavy atom. The molecule has 0 aromatic heterocycles. The summed E-state index contributed by atoms with van der Waals surface area (Å²) in [4.78, 5) is 30.0. The van der Waals surface area contributed by atoms with Gasteiger partial charge in [-0.05, 0) is 29.8 Å². The smallest absolute Gasteiger partial charge is 0.338 e. The van der Waals surface area contributed by atoms with Crippen LogP contribution in [0.2, 0.25) is 0 Å². The van der Waals surface area contributed by atoms with Crippen LogP contribution >= 0.6 is 0 Å². The van der Waals surface area contributed by atoms with E-state index in [9.17, 15) is 9.59 Å². The molecule has 0 aliphatic carbocycles. The molecular formula is C26H32N4O6. The summed E-state index contributed by atoms with van der Waals surface area (Å²) in [6.07, 6.45) is 0. The van der Waals surface area contributed by atoms with Gasteiger partial charge >= 0.3 is 12.0 Å². The summed E-state index contributed by atoms with van der Waals surface area (Å²) in [5, 5.41) is 5.69. The van der Waals surface area contributed by atoms with Gasteiger partial charge in [-0.3, -0.25) is 4.90 Å². The largest absolute Gasteiger partial charge is 0.495 e. The third kappa shape index (κ3) is 5.18. The van der Waals surface area contributed by atoms with Crippen molar-refractivity contribution >= 4 is 17.7 Å². The van der Waals surface area contributed by atoms with Gasteiger partial charge in [-0.15, -0.1) is 0 Å². The minimum atomic E-state index is -0.698. The maximum atomic E-state index is 12.9. The standard InChI is InChI=1S/C26H32N4O6/c1-33-20-8-6-5-7-19(20)30-13-11-29(12-14-30)16-18-23(25(31)36-4)24(28-26(32)27-18)17-9-10-21(34-2)22(15-17)35-3/h5-10,15,24H,11-14,16H2,1-4H3,(H2,27,28,32). The highest BCUT2D eigenvalue weighted by Gasteiger charge is 2.35. The van der Waals surface area contributed by atoms with Crippen molar-refractivity contribution in [2.24, 2.45) is 0 Å². The van der Waals surface area contributed by atoms with Gasteiger partial charge in [-0.25, -0.2) is 9.59 Å². The third-order valence-electron chi connectivity index (χ3n) is 6.48. The fraction of sp³-hybridized carbons (Fsp3) is 0.385. The molecular weight excluding hydrogens is 464 g/mol. The number of carbonyl (C=O) groups is 2. The van der Waals surface area contributed by atoms with Gasteiger partial charge in [0.1, 0.15) is 5.75 Å². The van der Waals surface area contributed by atoms with Crippen LogP contribution in [-0.4, -0.2) is 78.1 Å². The second-order valence-corrected chi connectivity index (χ2v) is 8.46. The van der Waals surface area contributed by atoms with Crippen molar-refractivity contribution in [1.29, 1.82) is 0 Å². The molecule has 10 heteroatoms. The Kier molecular flexibility index (Phi) is 7.84. The number of amides is 2. The van der Waals surface area contributed by atoms with Crippen LogP contribution in [0.3, 0.4) is 0 Å². The van der Waals surface area contributed by atoms with Crippen LogP contribution in [0.1, 0.15) is 11.6 Å². The summed E-state index contributed by atoms with van der Waals surface area (Å²) < 4.78 is 21.4. The number of carbonyl (C=O) groups excluding carboxylic acids is 2. The van der Waals surface area contributed by atoms with Crippen LogP contribution in [-0.2, 0) is 9.53 Å². The van der Waals surface area contributed by atoms with Gasteiger partial charge < -0.3 is 34.5 Å². The predicted molar refractivity (Wildman–Crippen MR) is 135 cm³/mol. The quantitative estimate of drug-likeness (QED) is 0.537. The van der Waals surface area contributed by atoms with Gasteiger partial charge in [0.25, 0.3) is 0 Å². The molecule has 0 spiro atoms. The number of rotatable bonds is 8. The van der Waals surface area contributed by atoms with Gasteiger partial charge in [-0.1, -0.05) is 18.2 Å². The Morgan fingerprint density at radius 3 is 2.28 bits per heavy atom. The van der Waals surface area contributed by atoms with E-state index in [0.717, 1.165) is 37.6 Å². The minimum absolute atomic E-state index is 0.358. The SMILES string of the molecule is COC(=O)C1=C(CN2CCN(c3ccccc3OC)CC2)NC(=O)NC1c1ccc(OC)c(OC)c1. The van der Waals surface area contributed by atoms with E-state index in [-0.39, 0.29) is 6.03 Å². The van der Waals surface area contributed by atoms with E-state index < -0.39 is 12.0 Å². The zero-order chi connectivity index (χ0) is 25.7. The number of hydrogen-bond donors (Lipinski definition) is 2. The number of hydrogen-bond acceptors (Lipinski definition) is 8. The highest BCUT2D eigenvalue weighted by atomic mass is 16.5. The molecule has 1 unspecified atom stereocenters. The van der Waals surface area contributed by atoms with Crippen LogP contribution < -0.4 is 29.7 Å². The lowest BCUT2D eigenvalue weighted by atomic mass is 9.94. The van der Waals surface area contributed by atoms with Crippen LogP contribution in [0.5, 0.6) is 17.2 Å². The van der Waals surface area contributed by atoms with Crippen LogP contribution in [0.4, 0.5) is 10.5 Å². The monoisotopic (exact) mass is 496 g/mol. The van der Waals surface area contributed by atoms with Crippen molar-refractivity contribution < 1.29 is 28.5 Å². The number of piperazine rings is 1. The molecule has 0 saturated carbocycles. The van der Waals surface area contributed by atoms with Gasteiger partial charge in [-0.2, -0.15) is 0 Å². The van der Waals surface area contributed by atoms with Gasteiger partial charge in [0.05, 0.1) is 45.7 Å². The molecule has 0 radical (unpaired) electrons. The van der Waals surface area contributed by atoms with Crippen LogP contribution in [0, 0.1) is 0 Å². The molecule has 1 fully saturated rings. The van der Waals surface area contributed by atoms with E-state index in [2.05, 4.69) is 20.4 Å². The average molecular weight is 497 g/mol. The molecule has 2 N–H and O–H groups in total. The predicted octanol–water partition coefficient (Wildman–Crippen LogP) is 2.32. The normalized spacial score (nSPS) is 18.3. The number of ether oxygens (including phenoxy) is 4. The topological polar surface area (TPSA) is 102 Å². The van der Waals surface area contributed by atoms with Gasteiger partial charge in [0.2, 0.25) is 0 Å². The summed E-state index contributed by atoms with van der Waals surface area (Å²) in [5.74, 6) is 1.38. The molecule has 36 heavy (non-hydrogen) atoms. The summed E-state index contributed by atoms with van der Waals surface area (Å²) in [6.45, 7) is 3.47. The first-order valence-electron chi connectivity index (χ1n) is 11.7. The number of nitrogens with one attached hydrogen (secondary N) is 2. The first-order chi connectivity index (χ1) is 17.5. The summed E-state index contributed by atoms with van der Waals surface area (Å²) >= 11 is 0. The van der Waals surface area contributed by atoms with Crippen molar-refractivity contribution in [2.45, 2.75) is 6.04 Å². The van der Waals surface area contributed by atoms with Crippen molar-refractivity contribution in [3.8, 4) is 17.2 Å². The maximum Gasteiger partial charge on any atom is 0.338 e. The Balaban J connectivity index is 1.57. The summed E-state index contributed by atoms with van der Waals surface area (Å²) in [6, 6.07) is 12.2. The average Bonchev–Trinajstić information content (AvgIpc) is 2.92. The van der Waals surface area contributed by atoms with E-state index in [4.69, 9.17) is 18.9 Å². The number of para-hydroxylation sites is 2. The van der Waals surface area contributed by atoms with Crippen LogP contribution in [0.25, 0.3) is 0 Å². The number of methoxy groups -OCH3 is 4. The summed E-state index contributed by atoms with van der Waals surface area (Å²) in [7, 11) is 6.09. The van der Waals surface area contributed by atoms with E-state index in [1.54, 1.807) is 32.4 Å². The van der Waals surface area contributed by atoms with Crippen molar-refractivity contribution in [1.82, 2.24) is 15.5 Å². The highest BCUT2D eigenvalue weighted by Crippen LogP contribution is 2.35. The zero-order valence-corrected chi connectivity index (χ0v) is 21.0. The molecule has 0 bridgehead atoms. The van der Waals surface area contributed by atoms with E-state index in [1.165, 1.54) is 14.2 Å². The number of urea groups is 1. The van der Waals surface area contributed by atoms with E-state index in [1.807, 2.05) is 24.3 Å². The number of benzene rings is 2. The first-order valence-corrected chi connectivity index (χ1v) is 11.7. The lowest BCUT2D eigenvalue weighted by molar-refractivity contribution is -0.136. The van der Waals surface area contributed by atoms with Crippen molar-refractivity contribution in [3.63, 3.8) is 0 Å². The Hall–Kier alpha value is -3.92. The Labute approximate surface area is 210 Å². The number of anilines is 1. The molecule has 2 aromatic rings. The fourth-order valence-electron chi connectivity index (χ4n) is 4.64. The molecule has 10 nitrogen and oxygen atoms in total. The number of esters is 1. The number of nitrogens with zero attached hydrogens (tertiary/aromatic N) is 2. The van der Waals surface area contributed by atoms with Crippen LogP contribution in [0.15, 0.2) is 53.7 Å². The highest BCUT2D eigenvalue weighted by molar-refractivity contribution is 5.95. The molecule has 2 aliphatic heterocycles. The van der Waals surface area contributed by atoms with E-state index >= 15 is 0 Å². The Morgan fingerprint density at radius 1 is 0.917 bits per heavy atom. The molecule has 2 aromatic carbocycles. The Bertz CT molecular complexity index is 1140. The molecule has 2 aliphatic rings. The second-order valence-electron chi connectivity index (χ2n) is 8.46. The second kappa shape index (κ2) is 11.2. The van der Waals surface area contributed by atoms with Gasteiger partial charge in [0.15, 0.2) is 11.5 Å². The van der Waals surface area contributed by atoms with E-state index in [0.29, 0.717) is 34.9 Å². The van der Waals surface area contributed by atoms with Crippen molar-refractivity contribution in [3.05, 3.63) is 59.3 Å². The molecule has 2 heterocycles. The maximum absolute atomic E-state index is 12.9. The molecule has 4 rings (SSSR count).